The second-order valence-electron chi connectivity index (χ2n) is 5.04. The van der Waals surface area contributed by atoms with Crippen LogP contribution in [0.5, 0.6) is 5.75 Å². The average Bonchev–Trinajstić information content (AvgIpc) is 2.38. The molecule has 1 aliphatic heterocycles. The van der Waals surface area contributed by atoms with E-state index in [-0.39, 0.29) is 12.3 Å². The molecule has 2 N–H and O–H groups in total. The van der Waals surface area contributed by atoms with Gasteiger partial charge in [-0.15, -0.1) is 0 Å². The first-order valence-corrected chi connectivity index (χ1v) is 7.94. The minimum Gasteiger partial charge on any atom is -0.508 e. The quantitative estimate of drug-likeness (QED) is 0.879. The molecule has 0 aromatic heterocycles. The highest BCUT2D eigenvalue weighted by molar-refractivity contribution is 7.87. The molecule has 0 spiro atoms. The zero-order chi connectivity index (χ0) is 13.9. The molecule has 1 aliphatic rings. The molecule has 0 radical (unpaired) electrons. The summed E-state index contributed by atoms with van der Waals surface area (Å²) in [7, 11) is -3.45. The summed E-state index contributed by atoms with van der Waals surface area (Å²) in [6.45, 7) is 3.38. The van der Waals surface area contributed by atoms with Crippen LogP contribution in [-0.2, 0) is 16.8 Å². The van der Waals surface area contributed by atoms with Crippen molar-refractivity contribution >= 4 is 10.2 Å². The Morgan fingerprint density at radius 1 is 1.32 bits per heavy atom. The molecule has 0 saturated carbocycles. The van der Waals surface area contributed by atoms with Gasteiger partial charge < -0.3 is 5.11 Å². The van der Waals surface area contributed by atoms with Crippen LogP contribution in [0.3, 0.4) is 0 Å². The Balaban J connectivity index is 1.96. The van der Waals surface area contributed by atoms with Gasteiger partial charge >= 0.3 is 0 Å². The van der Waals surface area contributed by atoms with Crippen molar-refractivity contribution in [3.05, 3.63) is 29.8 Å². The van der Waals surface area contributed by atoms with Gasteiger partial charge in [-0.25, -0.2) is 0 Å². The van der Waals surface area contributed by atoms with Gasteiger partial charge in [0.1, 0.15) is 5.75 Å². The van der Waals surface area contributed by atoms with Crippen molar-refractivity contribution in [1.82, 2.24) is 9.03 Å². The predicted molar refractivity (Wildman–Crippen MR) is 73.8 cm³/mol. The zero-order valence-corrected chi connectivity index (χ0v) is 11.9. The van der Waals surface area contributed by atoms with Crippen LogP contribution in [0.25, 0.3) is 0 Å². The van der Waals surface area contributed by atoms with Gasteiger partial charge in [0.25, 0.3) is 10.2 Å². The lowest BCUT2D eigenvalue weighted by molar-refractivity contribution is 0.285. The number of rotatable bonds is 4. The van der Waals surface area contributed by atoms with Crippen LogP contribution >= 0.6 is 0 Å². The highest BCUT2D eigenvalue weighted by atomic mass is 32.2. The van der Waals surface area contributed by atoms with Crippen molar-refractivity contribution in [3.63, 3.8) is 0 Å². The molecule has 1 aromatic carbocycles. The molecule has 0 atom stereocenters. The highest BCUT2D eigenvalue weighted by Gasteiger charge is 2.26. The number of nitrogens with zero attached hydrogens (tertiary/aromatic N) is 1. The van der Waals surface area contributed by atoms with Gasteiger partial charge in [-0.2, -0.15) is 17.4 Å². The summed E-state index contributed by atoms with van der Waals surface area (Å²) in [5.41, 5.74) is 0.580. The standard InChI is InChI=1S/C13H20N2O3S/c1-11-6-8-15(9-7-11)19(17,18)14-10-12-4-2-3-5-13(12)16/h2-5,11,14,16H,6-10H2,1H3. The third kappa shape index (κ3) is 3.68. The summed E-state index contributed by atoms with van der Waals surface area (Å²) < 4.78 is 28.2. The molecule has 0 amide bonds. The number of piperidine rings is 1. The number of aromatic hydroxyl groups is 1. The van der Waals surface area contributed by atoms with Gasteiger partial charge in [-0.3, -0.25) is 0 Å². The van der Waals surface area contributed by atoms with E-state index in [0.29, 0.717) is 24.6 Å². The first kappa shape index (κ1) is 14.3. The number of para-hydroxylation sites is 1. The lowest BCUT2D eigenvalue weighted by atomic mass is 10.0. The minimum absolute atomic E-state index is 0.109. The smallest absolute Gasteiger partial charge is 0.279 e. The normalized spacial score (nSPS) is 18.6. The van der Waals surface area contributed by atoms with E-state index in [4.69, 9.17) is 0 Å². The van der Waals surface area contributed by atoms with Crippen molar-refractivity contribution in [1.29, 1.82) is 0 Å². The van der Waals surface area contributed by atoms with Crippen LogP contribution in [0.15, 0.2) is 24.3 Å². The fourth-order valence-corrected chi connectivity index (χ4v) is 3.36. The number of phenolic OH excluding ortho intramolecular Hbond substituents is 1. The van der Waals surface area contributed by atoms with Crippen LogP contribution in [0.1, 0.15) is 25.3 Å². The van der Waals surface area contributed by atoms with Crippen molar-refractivity contribution in [2.75, 3.05) is 13.1 Å². The molecule has 1 saturated heterocycles. The number of nitrogens with one attached hydrogen (secondary N) is 1. The Morgan fingerprint density at radius 2 is 1.95 bits per heavy atom. The molecule has 5 nitrogen and oxygen atoms in total. The van der Waals surface area contributed by atoms with Crippen molar-refractivity contribution in [3.8, 4) is 5.75 Å². The number of hydrogen-bond donors (Lipinski definition) is 2. The Morgan fingerprint density at radius 3 is 2.58 bits per heavy atom. The van der Waals surface area contributed by atoms with Gasteiger partial charge in [0, 0.05) is 25.2 Å². The summed E-state index contributed by atoms with van der Waals surface area (Å²) in [5, 5.41) is 9.60. The Bertz CT molecular complexity index is 522. The first-order chi connectivity index (χ1) is 8.99. The summed E-state index contributed by atoms with van der Waals surface area (Å²) in [5.74, 6) is 0.696. The number of phenols is 1. The van der Waals surface area contributed by atoms with E-state index in [1.165, 1.54) is 4.31 Å². The molecular weight excluding hydrogens is 264 g/mol. The monoisotopic (exact) mass is 284 g/mol. The minimum atomic E-state index is -3.45. The van der Waals surface area contributed by atoms with Crippen molar-refractivity contribution < 1.29 is 13.5 Å². The second kappa shape index (κ2) is 5.90. The lowest BCUT2D eigenvalue weighted by Gasteiger charge is -2.29. The molecule has 2 rings (SSSR count). The number of hydrogen-bond acceptors (Lipinski definition) is 3. The van der Waals surface area contributed by atoms with Crippen LogP contribution in [0.2, 0.25) is 0 Å². The maximum absolute atomic E-state index is 12.1. The van der Waals surface area contributed by atoms with E-state index < -0.39 is 10.2 Å². The van der Waals surface area contributed by atoms with Gasteiger partial charge in [-0.1, -0.05) is 25.1 Å². The Hall–Kier alpha value is -1.11. The summed E-state index contributed by atoms with van der Waals surface area (Å²) in [6.07, 6.45) is 1.80. The maximum Gasteiger partial charge on any atom is 0.279 e. The molecule has 0 aliphatic carbocycles. The zero-order valence-electron chi connectivity index (χ0n) is 11.0. The molecule has 106 valence electrons. The number of benzene rings is 1. The van der Waals surface area contributed by atoms with Gasteiger partial charge in [0.2, 0.25) is 0 Å². The SMILES string of the molecule is CC1CCN(S(=O)(=O)NCc2ccccc2O)CC1. The summed E-state index contributed by atoms with van der Waals surface area (Å²) >= 11 is 0. The van der Waals surface area contributed by atoms with Crippen LogP contribution in [0, 0.1) is 5.92 Å². The van der Waals surface area contributed by atoms with E-state index >= 15 is 0 Å². The van der Waals surface area contributed by atoms with E-state index in [1.807, 2.05) is 0 Å². The van der Waals surface area contributed by atoms with Crippen LogP contribution < -0.4 is 4.72 Å². The van der Waals surface area contributed by atoms with E-state index in [0.717, 1.165) is 12.8 Å². The van der Waals surface area contributed by atoms with Crippen LogP contribution in [-0.4, -0.2) is 30.9 Å². The van der Waals surface area contributed by atoms with E-state index in [9.17, 15) is 13.5 Å². The topological polar surface area (TPSA) is 69.6 Å². The summed E-state index contributed by atoms with van der Waals surface area (Å²) in [4.78, 5) is 0. The first-order valence-electron chi connectivity index (χ1n) is 6.50. The maximum atomic E-state index is 12.1. The largest absolute Gasteiger partial charge is 0.508 e. The molecule has 1 heterocycles. The van der Waals surface area contributed by atoms with Gasteiger partial charge in [-0.05, 0) is 24.8 Å². The highest BCUT2D eigenvalue weighted by Crippen LogP contribution is 2.19. The van der Waals surface area contributed by atoms with E-state index in [2.05, 4.69) is 11.6 Å². The molecular formula is C13H20N2O3S. The fraction of sp³-hybridized carbons (Fsp3) is 0.538. The van der Waals surface area contributed by atoms with E-state index in [1.54, 1.807) is 24.3 Å². The van der Waals surface area contributed by atoms with Crippen molar-refractivity contribution in [2.45, 2.75) is 26.3 Å². The van der Waals surface area contributed by atoms with Crippen molar-refractivity contribution in [2.24, 2.45) is 5.92 Å². The second-order valence-corrected chi connectivity index (χ2v) is 6.79. The summed E-state index contributed by atoms with van der Waals surface area (Å²) in [6, 6.07) is 6.73. The molecule has 0 bridgehead atoms. The van der Waals surface area contributed by atoms with Gasteiger partial charge in [0.15, 0.2) is 0 Å². The third-order valence-electron chi connectivity index (χ3n) is 3.52. The van der Waals surface area contributed by atoms with Crippen LogP contribution in [0.4, 0.5) is 0 Å². The third-order valence-corrected chi connectivity index (χ3v) is 5.07. The fourth-order valence-electron chi connectivity index (χ4n) is 2.15. The molecule has 1 fully saturated rings. The molecule has 0 unspecified atom stereocenters. The molecule has 1 aromatic rings. The Kier molecular flexibility index (Phi) is 4.44. The lowest BCUT2D eigenvalue weighted by Crippen LogP contribution is -2.44. The molecule has 6 heteroatoms. The molecule has 19 heavy (non-hydrogen) atoms. The average molecular weight is 284 g/mol. The Labute approximate surface area is 114 Å². The van der Waals surface area contributed by atoms with Gasteiger partial charge in [0.05, 0.1) is 0 Å². The predicted octanol–water partition coefficient (Wildman–Crippen LogP) is 1.46.